The molecule has 9 nitrogen and oxygen atoms in total. The highest BCUT2D eigenvalue weighted by Gasteiger charge is 2.26. The molecule has 0 aliphatic heterocycles. The van der Waals surface area contributed by atoms with Gasteiger partial charge in [-0.25, -0.2) is 4.39 Å². The molecule has 0 aromatic heterocycles. The quantitative estimate of drug-likeness (QED) is 0.247. The molecule has 150 valence electrons. The Morgan fingerprint density at radius 3 is 2.59 bits per heavy atom. The molecule has 0 radical (unpaired) electrons. The summed E-state index contributed by atoms with van der Waals surface area (Å²) in [4.78, 5) is 23.7. The number of carbonyl (C=O) groups excluding carboxylic acids is 1. The van der Waals surface area contributed by atoms with Crippen LogP contribution in [0.2, 0.25) is 5.02 Å². The van der Waals surface area contributed by atoms with E-state index in [-0.39, 0.29) is 22.0 Å². The van der Waals surface area contributed by atoms with Crippen LogP contribution in [0.4, 0.5) is 15.8 Å². The maximum Gasteiger partial charge on any atom is 0.315 e. The van der Waals surface area contributed by atoms with Crippen molar-refractivity contribution in [3.63, 3.8) is 0 Å². The fourth-order valence-corrected chi connectivity index (χ4v) is 2.64. The van der Waals surface area contributed by atoms with Crippen LogP contribution in [0.1, 0.15) is 5.56 Å². The lowest BCUT2D eigenvalue weighted by atomic mass is 10.1. The highest BCUT2D eigenvalue weighted by Crippen LogP contribution is 2.39. The Morgan fingerprint density at radius 1 is 1.38 bits per heavy atom. The number of anilines is 1. The molecule has 11 heteroatoms. The number of rotatable bonds is 5. The molecule has 0 spiro atoms. The van der Waals surface area contributed by atoms with Crippen molar-refractivity contribution in [2.45, 2.75) is 0 Å². The van der Waals surface area contributed by atoms with Crippen LogP contribution < -0.4 is 9.64 Å². The first-order chi connectivity index (χ1) is 13.6. The van der Waals surface area contributed by atoms with Gasteiger partial charge in [0.15, 0.2) is 11.3 Å². The van der Waals surface area contributed by atoms with Crippen LogP contribution in [-0.2, 0) is 4.79 Å². The van der Waals surface area contributed by atoms with E-state index < -0.39 is 39.4 Å². The number of amides is 1. The average Bonchev–Trinajstić information content (AvgIpc) is 2.69. The van der Waals surface area contributed by atoms with Crippen LogP contribution in [0.3, 0.4) is 0 Å². The van der Waals surface area contributed by atoms with Gasteiger partial charge in [0.2, 0.25) is 5.75 Å². The minimum absolute atomic E-state index is 0.0148. The number of methoxy groups -OCH3 is 1. The van der Waals surface area contributed by atoms with Crippen molar-refractivity contribution in [3.8, 4) is 17.6 Å². The van der Waals surface area contributed by atoms with Crippen LogP contribution in [0.15, 0.2) is 35.9 Å². The third kappa shape index (κ3) is 4.20. The summed E-state index contributed by atoms with van der Waals surface area (Å²) in [7, 11) is 2.33. The Balaban J connectivity index is 2.61. The van der Waals surface area contributed by atoms with Gasteiger partial charge in [-0.05, 0) is 24.3 Å². The number of nitriles is 1. The highest BCUT2D eigenvalue weighted by atomic mass is 35.5. The van der Waals surface area contributed by atoms with Crippen molar-refractivity contribution in [2.24, 2.45) is 0 Å². The molecule has 2 rings (SSSR count). The lowest BCUT2D eigenvalue weighted by Gasteiger charge is -2.19. The number of carbonyl (C=O) groups is 1. The molecule has 0 aliphatic carbocycles. The number of aliphatic hydroxyl groups is 1. The zero-order chi connectivity index (χ0) is 21.9. The van der Waals surface area contributed by atoms with E-state index in [1.807, 2.05) is 0 Å². The van der Waals surface area contributed by atoms with E-state index >= 15 is 0 Å². The summed E-state index contributed by atoms with van der Waals surface area (Å²) in [6, 6.07) is 6.54. The predicted octanol–water partition coefficient (Wildman–Crippen LogP) is 3.56. The number of aromatic hydroxyl groups is 1. The number of aliphatic hydroxyl groups excluding tert-OH is 1. The molecule has 0 fully saturated rings. The van der Waals surface area contributed by atoms with Gasteiger partial charge in [0.1, 0.15) is 17.6 Å². The Hall–Kier alpha value is -3.84. The number of hydrogen-bond donors (Lipinski definition) is 2. The highest BCUT2D eigenvalue weighted by molar-refractivity contribution is 6.34. The Bertz CT molecular complexity index is 1080. The predicted molar refractivity (Wildman–Crippen MR) is 101 cm³/mol. The van der Waals surface area contributed by atoms with Crippen molar-refractivity contribution < 1.29 is 29.1 Å². The van der Waals surface area contributed by atoms with Gasteiger partial charge in [0.05, 0.1) is 22.7 Å². The number of ether oxygens (including phenoxy) is 1. The second kappa shape index (κ2) is 8.45. The number of phenols is 1. The molecule has 0 unspecified atom stereocenters. The second-order valence-electron chi connectivity index (χ2n) is 5.60. The molecule has 0 saturated heterocycles. The molecule has 0 bridgehead atoms. The van der Waals surface area contributed by atoms with Crippen LogP contribution >= 0.6 is 11.6 Å². The van der Waals surface area contributed by atoms with Gasteiger partial charge < -0.3 is 19.8 Å². The van der Waals surface area contributed by atoms with E-state index in [9.17, 15) is 34.8 Å². The monoisotopic (exact) mass is 421 g/mol. The summed E-state index contributed by atoms with van der Waals surface area (Å²) < 4.78 is 18.3. The van der Waals surface area contributed by atoms with Gasteiger partial charge in [-0.15, -0.1) is 0 Å². The molecule has 2 aromatic rings. The number of nitro benzene ring substituents is 1. The third-order valence-corrected chi connectivity index (χ3v) is 4.20. The number of nitrogens with zero attached hydrogens (tertiary/aromatic N) is 3. The van der Waals surface area contributed by atoms with Crippen LogP contribution in [0.5, 0.6) is 11.5 Å². The first kappa shape index (κ1) is 21.5. The molecule has 29 heavy (non-hydrogen) atoms. The van der Waals surface area contributed by atoms with Crippen molar-refractivity contribution in [1.29, 1.82) is 5.26 Å². The second-order valence-corrected chi connectivity index (χ2v) is 6.01. The minimum Gasteiger partial charge on any atom is -0.506 e. The van der Waals surface area contributed by atoms with Gasteiger partial charge in [0.25, 0.3) is 5.91 Å². The molecular weight excluding hydrogens is 409 g/mol. The first-order valence-electron chi connectivity index (χ1n) is 7.74. The largest absolute Gasteiger partial charge is 0.506 e. The van der Waals surface area contributed by atoms with E-state index in [1.54, 1.807) is 0 Å². The Kier molecular flexibility index (Phi) is 6.25. The number of nitro groups is 1. The molecular formula is C18H13ClFN3O6. The molecule has 1 amide bonds. The van der Waals surface area contributed by atoms with E-state index in [0.29, 0.717) is 0 Å². The topological polar surface area (TPSA) is 137 Å². The van der Waals surface area contributed by atoms with Crippen LogP contribution in [-0.4, -0.2) is 35.2 Å². The van der Waals surface area contributed by atoms with Crippen LogP contribution in [0.25, 0.3) is 5.76 Å². The maximum atomic E-state index is 13.5. The number of likely N-dealkylation sites (N-methyl/N-ethyl adjacent to an activating group) is 1. The molecule has 2 N–H and O–H groups in total. The lowest BCUT2D eigenvalue weighted by molar-refractivity contribution is -0.386. The fraction of sp³-hybridized carbons (Fsp3) is 0.111. The Morgan fingerprint density at radius 2 is 2.03 bits per heavy atom. The number of phenolic OH excluding ortho intramolecular Hbond substituents is 1. The molecule has 0 heterocycles. The molecule has 0 aliphatic rings. The van der Waals surface area contributed by atoms with Gasteiger partial charge in [-0.3, -0.25) is 14.9 Å². The molecule has 0 atom stereocenters. The van der Waals surface area contributed by atoms with Crippen molar-refractivity contribution in [3.05, 3.63) is 62.4 Å². The minimum atomic E-state index is -1.05. The lowest BCUT2D eigenvalue weighted by Crippen LogP contribution is -2.28. The number of hydrogen-bond acceptors (Lipinski definition) is 7. The van der Waals surface area contributed by atoms with E-state index in [4.69, 9.17) is 16.3 Å². The Labute approximate surface area is 168 Å². The summed E-state index contributed by atoms with van der Waals surface area (Å²) in [5.41, 5.74) is -1.99. The smallest absolute Gasteiger partial charge is 0.315 e. The number of benzene rings is 2. The van der Waals surface area contributed by atoms with Crippen LogP contribution in [0, 0.1) is 27.3 Å². The van der Waals surface area contributed by atoms with Crippen molar-refractivity contribution >= 4 is 34.6 Å². The summed E-state index contributed by atoms with van der Waals surface area (Å²) in [6.45, 7) is 0. The number of halogens is 2. The van der Waals surface area contributed by atoms with Crippen molar-refractivity contribution in [1.82, 2.24) is 0 Å². The van der Waals surface area contributed by atoms with Gasteiger partial charge >= 0.3 is 5.69 Å². The van der Waals surface area contributed by atoms with E-state index in [2.05, 4.69) is 0 Å². The SMILES string of the molecule is COc1cc(/C(O)=C(\C#N)C(=O)N(C)c2cc(F)ccc2Cl)cc([N+](=O)[O-])c1O. The molecule has 2 aromatic carbocycles. The van der Waals surface area contributed by atoms with Crippen molar-refractivity contribution in [2.75, 3.05) is 19.1 Å². The van der Waals surface area contributed by atoms with E-state index in [0.717, 1.165) is 36.3 Å². The summed E-state index contributed by atoms with van der Waals surface area (Å²) in [5, 5.41) is 40.7. The maximum absolute atomic E-state index is 13.5. The first-order valence-corrected chi connectivity index (χ1v) is 8.12. The van der Waals surface area contributed by atoms with Gasteiger partial charge in [0, 0.05) is 18.7 Å². The summed E-state index contributed by atoms with van der Waals surface area (Å²) in [6.07, 6.45) is 0. The standard InChI is InChI=1S/C18H13ClFN3O6/c1-22(13-7-10(20)3-4-12(13)19)18(26)11(8-21)16(24)9-5-14(23(27)28)17(25)15(6-9)29-2/h3-7,24-25H,1-2H3/b16-11-. The fourth-order valence-electron chi connectivity index (χ4n) is 2.39. The zero-order valence-corrected chi connectivity index (χ0v) is 15.8. The molecule has 0 saturated carbocycles. The normalized spacial score (nSPS) is 11.3. The summed E-state index contributed by atoms with van der Waals surface area (Å²) >= 11 is 5.95. The van der Waals surface area contributed by atoms with Gasteiger partial charge in [-0.1, -0.05) is 11.6 Å². The van der Waals surface area contributed by atoms with E-state index in [1.165, 1.54) is 19.2 Å². The summed E-state index contributed by atoms with van der Waals surface area (Å²) in [5.74, 6) is -3.78. The zero-order valence-electron chi connectivity index (χ0n) is 15.0. The average molecular weight is 422 g/mol. The third-order valence-electron chi connectivity index (χ3n) is 3.88. The van der Waals surface area contributed by atoms with Gasteiger partial charge in [-0.2, -0.15) is 5.26 Å².